The Bertz CT molecular complexity index is 946. The molecular formula is C30H44N2O6. The first kappa shape index (κ1) is 28.6. The van der Waals surface area contributed by atoms with Gasteiger partial charge in [-0.3, -0.25) is 9.59 Å². The fourth-order valence-corrected chi connectivity index (χ4v) is 6.64. The Morgan fingerprint density at radius 2 is 1.84 bits per heavy atom. The first-order valence-corrected chi connectivity index (χ1v) is 14.5. The number of esters is 1. The molecule has 8 nitrogen and oxygen atoms in total. The highest BCUT2D eigenvalue weighted by atomic mass is 16.5. The minimum absolute atomic E-state index is 0.0186. The first-order valence-electron chi connectivity index (χ1n) is 14.5. The van der Waals surface area contributed by atoms with Gasteiger partial charge in [-0.05, 0) is 61.6 Å². The number of unbranched alkanes of at least 4 members (excludes halogenated alkanes) is 1. The van der Waals surface area contributed by atoms with Crippen molar-refractivity contribution >= 4 is 17.8 Å². The minimum Gasteiger partial charge on any atom is -0.465 e. The summed E-state index contributed by atoms with van der Waals surface area (Å²) in [6.45, 7) is 0.120. The molecule has 0 radical (unpaired) electrons. The SMILES string of the molecule is COC(=O)c1cccc(CC[C@@H]2[C@H](C(=O)N[C@@H](CO)C(=O)NCCCCC3CCCCC3)[C@H]3CC[C@@H]2O3)c1. The third-order valence-electron chi connectivity index (χ3n) is 8.72. The Morgan fingerprint density at radius 3 is 2.61 bits per heavy atom. The van der Waals surface area contributed by atoms with E-state index in [9.17, 15) is 19.5 Å². The Kier molecular flexibility index (Phi) is 10.6. The van der Waals surface area contributed by atoms with Gasteiger partial charge in [0.05, 0.1) is 37.4 Å². The number of aliphatic hydroxyl groups is 1. The van der Waals surface area contributed by atoms with E-state index in [0.29, 0.717) is 18.5 Å². The van der Waals surface area contributed by atoms with Crippen molar-refractivity contribution in [1.82, 2.24) is 10.6 Å². The average molecular weight is 529 g/mol. The number of ether oxygens (including phenoxy) is 2. The third kappa shape index (κ3) is 7.35. The van der Waals surface area contributed by atoms with E-state index in [1.165, 1.54) is 45.6 Å². The summed E-state index contributed by atoms with van der Waals surface area (Å²) >= 11 is 0. The van der Waals surface area contributed by atoms with Gasteiger partial charge in [0.1, 0.15) is 6.04 Å². The van der Waals surface area contributed by atoms with Crippen molar-refractivity contribution in [1.29, 1.82) is 0 Å². The molecule has 0 unspecified atom stereocenters. The molecule has 3 aliphatic rings. The van der Waals surface area contributed by atoms with Crippen LogP contribution in [-0.2, 0) is 25.5 Å². The molecule has 8 heteroatoms. The molecule has 210 valence electrons. The van der Waals surface area contributed by atoms with Crippen LogP contribution >= 0.6 is 0 Å². The molecule has 2 aliphatic heterocycles. The van der Waals surface area contributed by atoms with Crippen molar-refractivity contribution in [2.24, 2.45) is 17.8 Å². The maximum atomic E-state index is 13.3. The average Bonchev–Trinajstić information content (AvgIpc) is 3.56. The summed E-state index contributed by atoms with van der Waals surface area (Å²) in [5.41, 5.74) is 1.51. The van der Waals surface area contributed by atoms with Crippen LogP contribution in [0.25, 0.3) is 0 Å². The lowest BCUT2D eigenvalue weighted by Gasteiger charge is -2.28. The topological polar surface area (TPSA) is 114 Å². The molecule has 1 aliphatic carbocycles. The zero-order chi connectivity index (χ0) is 26.9. The van der Waals surface area contributed by atoms with Crippen molar-refractivity contribution in [3.05, 3.63) is 35.4 Å². The van der Waals surface area contributed by atoms with Gasteiger partial charge in [-0.2, -0.15) is 0 Å². The van der Waals surface area contributed by atoms with Crippen molar-refractivity contribution in [2.45, 2.75) is 95.3 Å². The number of benzene rings is 1. The molecule has 5 atom stereocenters. The van der Waals surface area contributed by atoms with Crippen LogP contribution in [0, 0.1) is 17.8 Å². The number of fused-ring (bicyclic) bond motifs is 2. The number of carbonyl (C=O) groups is 3. The van der Waals surface area contributed by atoms with E-state index in [1.54, 1.807) is 6.07 Å². The molecule has 1 aromatic rings. The molecule has 1 saturated carbocycles. The third-order valence-corrected chi connectivity index (χ3v) is 8.72. The van der Waals surface area contributed by atoms with Crippen LogP contribution in [-0.4, -0.2) is 61.4 Å². The number of rotatable bonds is 13. The van der Waals surface area contributed by atoms with Crippen LogP contribution in [0.2, 0.25) is 0 Å². The highest BCUT2D eigenvalue weighted by molar-refractivity contribution is 5.90. The van der Waals surface area contributed by atoms with Gasteiger partial charge >= 0.3 is 5.97 Å². The van der Waals surface area contributed by atoms with E-state index in [-0.39, 0.29) is 41.8 Å². The van der Waals surface area contributed by atoms with Crippen molar-refractivity contribution in [3.8, 4) is 0 Å². The second-order valence-corrected chi connectivity index (χ2v) is 11.2. The Hall–Kier alpha value is -2.45. The van der Waals surface area contributed by atoms with Crippen LogP contribution in [0.1, 0.15) is 86.6 Å². The van der Waals surface area contributed by atoms with Crippen molar-refractivity contribution in [3.63, 3.8) is 0 Å². The summed E-state index contributed by atoms with van der Waals surface area (Å²) in [4.78, 5) is 37.9. The Balaban J connectivity index is 1.25. The summed E-state index contributed by atoms with van der Waals surface area (Å²) in [5.74, 6) is -0.425. The number of hydrogen-bond acceptors (Lipinski definition) is 6. The summed E-state index contributed by atoms with van der Waals surface area (Å²) in [6, 6.07) is 6.40. The molecular weight excluding hydrogens is 484 g/mol. The highest BCUT2D eigenvalue weighted by Crippen LogP contribution is 2.45. The van der Waals surface area contributed by atoms with E-state index in [4.69, 9.17) is 9.47 Å². The molecule has 2 bridgehead atoms. The Morgan fingerprint density at radius 1 is 1.05 bits per heavy atom. The number of methoxy groups -OCH3 is 1. The smallest absolute Gasteiger partial charge is 0.337 e. The molecule has 2 amide bonds. The van der Waals surface area contributed by atoms with Gasteiger partial charge in [0.15, 0.2) is 0 Å². The molecule has 1 aromatic carbocycles. The van der Waals surface area contributed by atoms with Crippen LogP contribution in [0.3, 0.4) is 0 Å². The quantitative estimate of drug-likeness (QED) is 0.267. The summed E-state index contributed by atoms with van der Waals surface area (Å²) in [6.07, 6.45) is 13.0. The van der Waals surface area contributed by atoms with Crippen LogP contribution in [0.15, 0.2) is 24.3 Å². The van der Waals surface area contributed by atoms with Crippen LogP contribution in [0.5, 0.6) is 0 Å². The number of carbonyl (C=O) groups excluding carboxylic acids is 3. The van der Waals surface area contributed by atoms with Gasteiger partial charge in [0, 0.05) is 6.54 Å². The first-order chi connectivity index (χ1) is 18.5. The van der Waals surface area contributed by atoms with Gasteiger partial charge in [-0.1, -0.05) is 57.1 Å². The molecule has 4 rings (SSSR count). The van der Waals surface area contributed by atoms with E-state index >= 15 is 0 Å². The molecule has 3 fully saturated rings. The highest BCUT2D eigenvalue weighted by Gasteiger charge is 2.52. The van der Waals surface area contributed by atoms with E-state index in [0.717, 1.165) is 43.6 Å². The van der Waals surface area contributed by atoms with E-state index < -0.39 is 12.6 Å². The summed E-state index contributed by atoms with van der Waals surface area (Å²) in [5, 5.41) is 15.6. The van der Waals surface area contributed by atoms with Crippen LogP contribution < -0.4 is 10.6 Å². The maximum Gasteiger partial charge on any atom is 0.337 e. The van der Waals surface area contributed by atoms with Crippen LogP contribution in [0.4, 0.5) is 0 Å². The maximum absolute atomic E-state index is 13.3. The number of nitrogens with one attached hydrogen (secondary N) is 2. The van der Waals surface area contributed by atoms with Gasteiger partial charge < -0.3 is 25.2 Å². The second kappa shape index (κ2) is 14.1. The number of amides is 2. The molecule has 3 N–H and O–H groups in total. The molecule has 0 aromatic heterocycles. The number of aliphatic hydroxyl groups excluding tert-OH is 1. The Labute approximate surface area is 226 Å². The fourth-order valence-electron chi connectivity index (χ4n) is 6.64. The zero-order valence-electron chi connectivity index (χ0n) is 22.7. The predicted octanol–water partition coefficient (Wildman–Crippen LogP) is 3.54. The molecule has 0 spiro atoms. The van der Waals surface area contributed by atoms with E-state index in [2.05, 4.69) is 10.6 Å². The van der Waals surface area contributed by atoms with Gasteiger partial charge in [-0.15, -0.1) is 0 Å². The molecule has 2 heterocycles. The molecule has 38 heavy (non-hydrogen) atoms. The standard InChI is InChI=1S/C30H44N2O6/c1-37-30(36)22-12-7-11-21(18-22)13-14-23-25-15-16-26(38-25)27(23)29(35)32-24(19-33)28(34)31-17-6-5-10-20-8-3-2-4-9-20/h7,11-12,18,20,23-27,33H,2-6,8-10,13-17,19H2,1H3,(H,31,34)(H,32,35)/t23-,24-,25-,26+,27-/m0/s1. The summed E-state index contributed by atoms with van der Waals surface area (Å²) < 4.78 is 10.9. The fraction of sp³-hybridized carbons (Fsp3) is 0.700. The lowest BCUT2D eigenvalue weighted by Crippen LogP contribution is -2.52. The normalized spacial score (nSPS) is 25.6. The number of hydrogen-bond donors (Lipinski definition) is 3. The van der Waals surface area contributed by atoms with Gasteiger partial charge in [-0.25, -0.2) is 4.79 Å². The van der Waals surface area contributed by atoms with E-state index in [1.807, 2.05) is 18.2 Å². The second-order valence-electron chi connectivity index (χ2n) is 11.2. The van der Waals surface area contributed by atoms with Crippen molar-refractivity contribution < 1.29 is 29.0 Å². The molecule has 2 saturated heterocycles. The van der Waals surface area contributed by atoms with Gasteiger partial charge in [0.2, 0.25) is 11.8 Å². The largest absolute Gasteiger partial charge is 0.465 e. The van der Waals surface area contributed by atoms with Gasteiger partial charge in [0.25, 0.3) is 0 Å². The zero-order valence-corrected chi connectivity index (χ0v) is 22.7. The monoisotopic (exact) mass is 528 g/mol. The minimum atomic E-state index is -0.961. The lowest BCUT2D eigenvalue weighted by atomic mass is 9.76. The number of aryl methyl sites for hydroxylation is 1. The van der Waals surface area contributed by atoms with Crippen molar-refractivity contribution in [2.75, 3.05) is 20.3 Å². The summed E-state index contributed by atoms with van der Waals surface area (Å²) in [7, 11) is 1.36. The lowest BCUT2D eigenvalue weighted by molar-refractivity contribution is -0.133. The predicted molar refractivity (Wildman–Crippen MR) is 143 cm³/mol.